The number of hydrogen-bond acceptors (Lipinski definition) is 5. The number of nitrogens with two attached hydrogens (primary N) is 2. The van der Waals surface area contributed by atoms with E-state index in [0.717, 1.165) is 18.6 Å². The predicted molar refractivity (Wildman–Crippen MR) is 82.3 cm³/mol. The molecule has 1 heterocycles. The second-order valence-corrected chi connectivity index (χ2v) is 6.52. The fourth-order valence-corrected chi connectivity index (χ4v) is 2.55. The van der Waals surface area contributed by atoms with E-state index in [1.807, 2.05) is 19.1 Å². The van der Waals surface area contributed by atoms with Crippen molar-refractivity contribution in [3.05, 3.63) is 42.4 Å². The molecule has 0 radical (unpaired) electrons. The van der Waals surface area contributed by atoms with Crippen LogP contribution in [-0.4, -0.2) is 14.5 Å². The lowest BCUT2D eigenvalue weighted by Crippen LogP contribution is -2.18. The van der Waals surface area contributed by atoms with Gasteiger partial charge in [0, 0.05) is 12.5 Å². The van der Waals surface area contributed by atoms with Crippen molar-refractivity contribution >= 4 is 21.4 Å². The first-order valence-electron chi connectivity index (χ1n) is 6.57. The van der Waals surface area contributed by atoms with Crippen molar-refractivity contribution in [2.24, 2.45) is 5.14 Å². The molecule has 5 N–H and O–H groups in total. The highest BCUT2D eigenvalue weighted by atomic mass is 32.2. The monoisotopic (exact) mass is 309 g/mol. The van der Waals surface area contributed by atoms with Crippen LogP contribution < -0.4 is 16.2 Å². The van der Waals surface area contributed by atoms with E-state index < -0.39 is 10.0 Å². The third-order valence-corrected chi connectivity index (χ3v) is 4.07. The van der Waals surface area contributed by atoms with Crippen LogP contribution in [0.4, 0.5) is 11.4 Å². The Kier molecular flexibility index (Phi) is 4.54. The molecule has 0 fully saturated rings. The number of primary sulfonamides is 1. The Balaban J connectivity index is 1.99. The third kappa shape index (κ3) is 4.24. The maximum absolute atomic E-state index is 11.2. The summed E-state index contributed by atoms with van der Waals surface area (Å²) in [6.07, 6.45) is 3.33. The molecule has 1 aromatic carbocycles. The van der Waals surface area contributed by atoms with Gasteiger partial charge in [-0.2, -0.15) is 0 Å². The van der Waals surface area contributed by atoms with Crippen LogP contribution in [-0.2, 0) is 16.4 Å². The van der Waals surface area contributed by atoms with Gasteiger partial charge in [-0.1, -0.05) is 0 Å². The number of nitrogen functional groups attached to an aromatic ring is 1. The summed E-state index contributed by atoms with van der Waals surface area (Å²) in [6.45, 7) is 2.02. The topological polar surface area (TPSA) is 111 Å². The molecular formula is C14H19N3O3S. The van der Waals surface area contributed by atoms with Crippen LogP contribution in [0.2, 0.25) is 0 Å². The van der Waals surface area contributed by atoms with Crippen LogP contribution in [0.25, 0.3) is 0 Å². The Bertz CT molecular complexity index is 696. The molecule has 0 aliphatic rings. The lowest BCUT2D eigenvalue weighted by atomic mass is 10.1. The van der Waals surface area contributed by atoms with Gasteiger partial charge >= 0.3 is 0 Å². The van der Waals surface area contributed by atoms with Gasteiger partial charge in [0.05, 0.1) is 22.5 Å². The van der Waals surface area contributed by atoms with E-state index in [0.29, 0.717) is 11.4 Å². The first-order valence-corrected chi connectivity index (χ1v) is 8.12. The highest BCUT2D eigenvalue weighted by molar-refractivity contribution is 7.89. The Hall–Kier alpha value is -1.99. The molecule has 0 amide bonds. The number of anilines is 2. The number of furan rings is 1. The van der Waals surface area contributed by atoms with E-state index in [1.54, 1.807) is 12.3 Å². The summed E-state index contributed by atoms with van der Waals surface area (Å²) in [4.78, 5) is 0.00814. The number of aryl methyl sites for hydroxylation is 1. The van der Waals surface area contributed by atoms with Crippen LogP contribution in [0, 0.1) is 0 Å². The Morgan fingerprint density at radius 3 is 2.67 bits per heavy atom. The van der Waals surface area contributed by atoms with Crippen molar-refractivity contribution in [2.45, 2.75) is 30.7 Å². The zero-order valence-electron chi connectivity index (χ0n) is 11.7. The van der Waals surface area contributed by atoms with E-state index >= 15 is 0 Å². The van der Waals surface area contributed by atoms with Gasteiger partial charge in [-0.25, -0.2) is 13.6 Å². The normalized spacial score (nSPS) is 13.0. The molecule has 1 unspecified atom stereocenters. The van der Waals surface area contributed by atoms with Crippen molar-refractivity contribution in [1.82, 2.24) is 0 Å². The molecule has 0 aliphatic heterocycles. The molecule has 2 aromatic rings. The molecule has 6 nitrogen and oxygen atoms in total. The van der Waals surface area contributed by atoms with Crippen molar-refractivity contribution < 1.29 is 12.8 Å². The average Bonchev–Trinajstić information content (AvgIpc) is 2.91. The first kappa shape index (κ1) is 15.4. The van der Waals surface area contributed by atoms with Crippen LogP contribution in [0.15, 0.2) is 45.9 Å². The van der Waals surface area contributed by atoms with Crippen LogP contribution in [0.1, 0.15) is 19.1 Å². The lowest BCUT2D eigenvalue weighted by Gasteiger charge is -2.16. The fraction of sp³-hybridized carbons (Fsp3) is 0.286. The van der Waals surface area contributed by atoms with Gasteiger partial charge < -0.3 is 15.5 Å². The smallest absolute Gasteiger partial charge is 0.238 e. The van der Waals surface area contributed by atoms with Gasteiger partial charge in [-0.15, -0.1) is 0 Å². The second-order valence-electron chi connectivity index (χ2n) is 4.96. The van der Waals surface area contributed by atoms with Crippen molar-refractivity contribution in [3.63, 3.8) is 0 Å². The summed E-state index contributed by atoms with van der Waals surface area (Å²) >= 11 is 0. The summed E-state index contributed by atoms with van der Waals surface area (Å²) in [5.41, 5.74) is 6.90. The first-order chi connectivity index (χ1) is 9.86. The minimum absolute atomic E-state index is 0.00814. The van der Waals surface area contributed by atoms with Crippen molar-refractivity contribution in [2.75, 3.05) is 11.1 Å². The number of nitrogens with one attached hydrogen (secondary N) is 1. The Labute approximate surface area is 124 Å². The highest BCUT2D eigenvalue weighted by Crippen LogP contribution is 2.23. The van der Waals surface area contributed by atoms with Crippen LogP contribution in [0.3, 0.4) is 0 Å². The molecule has 0 spiro atoms. The Morgan fingerprint density at radius 2 is 2.10 bits per heavy atom. The maximum Gasteiger partial charge on any atom is 0.238 e. The average molecular weight is 309 g/mol. The zero-order chi connectivity index (χ0) is 15.5. The van der Waals surface area contributed by atoms with E-state index in [4.69, 9.17) is 15.3 Å². The minimum atomic E-state index is -3.73. The zero-order valence-corrected chi connectivity index (χ0v) is 12.6. The number of sulfonamides is 1. The van der Waals surface area contributed by atoms with Gasteiger partial charge in [-0.05, 0) is 43.7 Å². The van der Waals surface area contributed by atoms with Crippen molar-refractivity contribution in [1.29, 1.82) is 0 Å². The highest BCUT2D eigenvalue weighted by Gasteiger charge is 2.11. The van der Waals surface area contributed by atoms with Crippen LogP contribution >= 0.6 is 0 Å². The number of hydrogen-bond donors (Lipinski definition) is 3. The fourth-order valence-electron chi connectivity index (χ4n) is 2.00. The quantitative estimate of drug-likeness (QED) is 0.706. The van der Waals surface area contributed by atoms with Gasteiger partial charge in [0.2, 0.25) is 10.0 Å². The molecular weight excluding hydrogens is 290 g/mol. The molecule has 1 aromatic heterocycles. The molecule has 0 saturated carbocycles. The van der Waals surface area contributed by atoms with E-state index in [-0.39, 0.29) is 10.9 Å². The summed E-state index contributed by atoms with van der Waals surface area (Å²) in [5.74, 6) is 0.932. The molecule has 0 saturated heterocycles. The van der Waals surface area contributed by atoms with Crippen molar-refractivity contribution in [3.8, 4) is 0 Å². The summed E-state index contributed by atoms with van der Waals surface area (Å²) in [7, 11) is -3.73. The number of rotatable bonds is 6. The molecule has 21 heavy (non-hydrogen) atoms. The predicted octanol–water partition coefficient (Wildman–Crippen LogP) is 1.94. The molecule has 2 rings (SSSR count). The standard InChI is InChI=1S/C14H19N3O3S/c1-10(4-5-11-3-2-8-20-11)17-14-7-6-12(9-13(14)15)21(16,18)19/h2-3,6-10,17H,4-5,15H2,1H3,(H2,16,18,19). The Morgan fingerprint density at radius 1 is 1.33 bits per heavy atom. The molecule has 1 atom stereocenters. The lowest BCUT2D eigenvalue weighted by molar-refractivity contribution is 0.495. The SMILES string of the molecule is CC(CCc1ccco1)Nc1ccc(S(N)(=O)=O)cc1N. The summed E-state index contributed by atoms with van der Waals surface area (Å²) in [5, 5.41) is 8.31. The molecule has 7 heteroatoms. The summed E-state index contributed by atoms with van der Waals surface area (Å²) in [6, 6.07) is 8.37. The van der Waals surface area contributed by atoms with Gasteiger partial charge in [-0.3, -0.25) is 0 Å². The van der Waals surface area contributed by atoms with Crippen LogP contribution in [0.5, 0.6) is 0 Å². The van der Waals surface area contributed by atoms with E-state index in [1.165, 1.54) is 12.1 Å². The van der Waals surface area contributed by atoms with E-state index in [9.17, 15) is 8.42 Å². The van der Waals surface area contributed by atoms with Gasteiger partial charge in [0.15, 0.2) is 0 Å². The maximum atomic E-state index is 11.2. The number of benzene rings is 1. The van der Waals surface area contributed by atoms with Gasteiger partial charge in [0.1, 0.15) is 5.76 Å². The van der Waals surface area contributed by atoms with Gasteiger partial charge in [0.25, 0.3) is 0 Å². The third-order valence-electron chi connectivity index (χ3n) is 3.16. The molecule has 0 aliphatic carbocycles. The molecule has 0 bridgehead atoms. The minimum Gasteiger partial charge on any atom is -0.469 e. The largest absolute Gasteiger partial charge is 0.469 e. The molecule has 114 valence electrons. The second kappa shape index (κ2) is 6.19. The van der Waals surface area contributed by atoms with E-state index in [2.05, 4.69) is 5.32 Å². The summed E-state index contributed by atoms with van der Waals surface area (Å²) < 4.78 is 27.8.